The third-order valence-corrected chi connectivity index (χ3v) is 1.81. The van der Waals surface area contributed by atoms with E-state index in [0.717, 1.165) is 25.8 Å². The van der Waals surface area contributed by atoms with Crippen LogP contribution in [0.1, 0.15) is 46.0 Å². The zero-order valence-electron chi connectivity index (χ0n) is 8.56. The van der Waals surface area contributed by atoms with Crippen LogP contribution < -0.4 is 5.32 Å². The van der Waals surface area contributed by atoms with Crippen molar-refractivity contribution in [2.24, 2.45) is 0 Å². The summed E-state index contributed by atoms with van der Waals surface area (Å²) >= 11 is 0. The van der Waals surface area contributed by atoms with Crippen molar-refractivity contribution in [1.82, 2.24) is 5.32 Å². The van der Waals surface area contributed by atoms with E-state index in [1.165, 1.54) is 6.92 Å². The van der Waals surface area contributed by atoms with Crippen LogP contribution in [0.3, 0.4) is 0 Å². The number of Topliss-reactive ketones (excluding diaryl/α,β-unsaturated/α-hetero) is 1. The van der Waals surface area contributed by atoms with Crippen LogP contribution >= 0.6 is 0 Å². The molecule has 0 unspecified atom stereocenters. The number of hydrogen-bond donors (Lipinski definition) is 1. The molecule has 0 atom stereocenters. The van der Waals surface area contributed by atoms with Crippen molar-refractivity contribution < 1.29 is 9.59 Å². The fourth-order valence-electron chi connectivity index (χ4n) is 0.981. The van der Waals surface area contributed by atoms with Gasteiger partial charge in [0, 0.05) is 19.4 Å². The van der Waals surface area contributed by atoms with Crippen molar-refractivity contribution in [3.05, 3.63) is 0 Å². The molecule has 0 heterocycles. The molecule has 3 heteroatoms. The van der Waals surface area contributed by atoms with E-state index in [0.29, 0.717) is 12.8 Å². The highest BCUT2D eigenvalue weighted by molar-refractivity contribution is 5.83. The molecule has 0 fully saturated rings. The molecule has 0 rings (SSSR count). The number of nitrogens with one attached hydrogen (secondary N) is 1. The number of carbonyl (C=O) groups excluding carboxylic acids is 2. The molecule has 3 nitrogen and oxygen atoms in total. The van der Waals surface area contributed by atoms with Gasteiger partial charge in [-0.2, -0.15) is 0 Å². The molecule has 0 saturated carbocycles. The van der Waals surface area contributed by atoms with Crippen LogP contribution in [-0.2, 0) is 9.59 Å². The van der Waals surface area contributed by atoms with Gasteiger partial charge in [-0.05, 0) is 13.3 Å². The van der Waals surface area contributed by atoms with Crippen molar-refractivity contribution in [3.8, 4) is 0 Å². The van der Waals surface area contributed by atoms with Gasteiger partial charge < -0.3 is 10.1 Å². The zero-order chi connectivity index (χ0) is 10.1. The molecule has 0 aliphatic heterocycles. The van der Waals surface area contributed by atoms with Crippen molar-refractivity contribution in [1.29, 1.82) is 0 Å². The van der Waals surface area contributed by atoms with Gasteiger partial charge in [0.25, 0.3) is 0 Å². The zero-order valence-corrected chi connectivity index (χ0v) is 8.56. The average molecular weight is 185 g/mol. The van der Waals surface area contributed by atoms with Gasteiger partial charge in [-0.3, -0.25) is 4.79 Å². The van der Waals surface area contributed by atoms with Crippen molar-refractivity contribution in [2.75, 3.05) is 6.54 Å². The fourth-order valence-corrected chi connectivity index (χ4v) is 0.981. The first-order chi connectivity index (χ1) is 6.16. The van der Waals surface area contributed by atoms with Gasteiger partial charge in [0.05, 0.1) is 0 Å². The van der Waals surface area contributed by atoms with E-state index < -0.39 is 0 Å². The number of unbranched alkanes of at least 4 members (excludes halogenated alkanes) is 2. The number of hydrogen-bond acceptors (Lipinski definition) is 2. The van der Waals surface area contributed by atoms with Crippen LogP contribution in [0.4, 0.5) is 0 Å². The molecule has 13 heavy (non-hydrogen) atoms. The predicted octanol–water partition coefficient (Wildman–Crippen LogP) is 1.66. The summed E-state index contributed by atoms with van der Waals surface area (Å²) in [5, 5.41) is 2.78. The highest BCUT2D eigenvalue weighted by atomic mass is 16.2. The summed E-state index contributed by atoms with van der Waals surface area (Å²) in [7, 11) is 0. The van der Waals surface area contributed by atoms with Gasteiger partial charge in [0.2, 0.25) is 5.91 Å². The van der Waals surface area contributed by atoms with Gasteiger partial charge >= 0.3 is 0 Å². The third-order valence-electron chi connectivity index (χ3n) is 1.81. The molecule has 1 N–H and O–H groups in total. The van der Waals surface area contributed by atoms with Crippen LogP contribution in [0.15, 0.2) is 0 Å². The van der Waals surface area contributed by atoms with E-state index in [9.17, 15) is 9.59 Å². The Morgan fingerprint density at radius 3 is 2.38 bits per heavy atom. The molecule has 0 radical (unpaired) electrons. The van der Waals surface area contributed by atoms with Crippen LogP contribution in [0.25, 0.3) is 0 Å². The topological polar surface area (TPSA) is 46.2 Å². The van der Waals surface area contributed by atoms with Gasteiger partial charge in [0.1, 0.15) is 5.78 Å². The maximum Gasteiger partial charge on any atom is 0.220 e. The van der Waals surface area contributed by atoms with Crippen molar-refractivity contribution in [2.45, 2.75) is 46.0 Å². The molecule has 0 aromatic heterocycles. The average Bonchev–Trinajstić information content (AvgIpc) is 2.09. The van der Waals surface area contributed by atoms with Gasteiger partial charge in [-0.25, -0.2) is 0 Å². The SMILES string of the molecule is CCCCCNC(=O)CCC(C)=O. The first-order valence-corrected chi connectivity index (χ1v) is 4.93. The molecule has 0 saturated heterocycles. The minimum absolute atomic E-state index is 0.00805. The minimum Gasteiger partial charge on any atom is -0.356 e. The van der Waals surface area contributed by atoms with Crippen LogP contribution in [-0.4, -0.2) is 18.2 Å². The minimum atomic E-state index is -0.00805. The molecular weight excluding hydrogens is 166 g/mol. The standard InChI is InChI=1S/C10H19NO2/c1-3-4-5-8-11-10(13)7-6-9(2)12/h3-8H2,1-2H3,(H,11,13). The lowest BCUT2D eigenvalue weighted by atomic mass is 10.2. The van der Waals surface area contributed by atoms with E-state index in [1.54, 1.807) is 0 Å². The predicted molar refractivity (Wildman–Crippen MR) is 52.4 cm³/mol. The number of carbonyl (C=O) groups is 2. The smallest absolute Gasteiger partial charge is 0.220 e. The summed E-state index contributed by atoms with van der Waals surface area (Å²) in [6, 6.07) is 0. The second kappa shape index (κ2) is 7.77. The van der Waals surface area contributed by atoms with E-state index in [1.807, 2.05) is 0 Å². The Kier molecular flexibility index (Phi) is 7.26. The molecular formula is C10H19NO2. The Morgan fingerprint density at radius 1 is 1.15 bits per heavy atom. The summed E-state index contributed by atoms with van der Waals surface area (Å²) < 4.78 is 0. The van der Waals surface area contributed by atoms with E-state index in [4.69, 9.17) is 0 Å². The monoisotopic (exact) mass is 185 g/mol. The van der Waals surface area contributed by atoms with Gasteiger partial charge in [-0.15, -0.1) is 0 Å². The van der Waals surface area contributed by atoms with Crippen LogP contribution in [0.5, 0.6) is 0 Å². The summed E-state index contributed by atoms with van der Waals surface area (Å²) in [5.41, 5.74) is 0. The lowest BCUT2D eigenvalue weighted by molar-refractivity contribution is -0.124. The number of rotatable bonds is 7. The number of amides is 1. The molecule has 0 aromatic carbocycles. The molecule has 76 valence electrons. The van der Waals surface area contributed by atoms with Crippen molar-refractivity contribution in [3.63, 3.8) is 0 Å². The highest BCUT2D eigenvalue weighted by Gasteiger charge is 2.01. The molecule has 0 aliphatic rings. The van der Waals surface area contributed by atoms with Crippen LogP contribution in [0, 0.1) is 0 Å². The molecule has 0 spiro atoms. The summed E-state index contributed by atoms with van der Waals surface area (Å²) in [6.45, 7) is 4.37. The van der Waals surface area contributed by atoms with E-state index in [2.05, 4.69) is 12.2 Å². The maximum atomic E-state index is 11.0. The Morgan fingerprint density at radius 2 is 1.85 bits per heavy atom. The lowest BCUT2D eigenvalue weighted by Gasteiger charge is -2.02. The summed E-state index contributed by atoms with van der Waals surface area (Å²) in [4.78, 5) is 21.6. The Labute approximate surface area is 79.9 Å². The van der Waals surface area contributed by atoms with E-state index in [-0.39, 0.29) is 11.7 Å². The highest BCUT2D eigenvalue weighted by Crippen LogP contribution is 1.93. The van der Waals surface area contributed by atoms with Crippen molar-refractivity contribution >= 4 is 11.7 Å². The lowest BCUT2D eigenvalue weighted by Crippen LogP contribution is -2.24. The largest absolute Gasteiger partial charge is 0.356 e. The second-order valence-corrected chi connectivity index (χ2v) is 3.26. The third kappa shape index (κ3) is 9.05. The number of ketones is 1. The van der Waals surface area contributed by atoms with Crippen LogP contribution in [0.2, 0.25) is 0 Å². The van der Waals surface area contributed by atoms with Gasteiger partial charge in [-0.1, -0.05) is 19.8 Å². The Balaban J connectivity index is 3.25. The molecule has 0 aliphatic carbocycles. The van der Waals surface area contributed by atoms with Gasteiger partial charge in [0.15, 0.2) is 0 Å². The first kappa shape index (κ1) is 12.1. The summed E-state index contributed by atoms with van der Waals surface area (Å²) in [6.07, 6.45) is 4.03. The quantitative estimate of drug-likeness (QED) is 0.613. The molecule has 1 amide bonds. The normalized spacial score (nSPS) is 9.69. The fraction of sp³-hybridized carbons (Fsp3) is 0.800. The maximum absolute atomic E-state index is 11.0. The first-order valence-electron chi connectivity index (χ1n) is 4.93. The van der Waals surface area contributed by atoms with E-state index >= 15 is 0 Å². The molecule has 0 bridgehead atoms. The summed E-state index contributed by atoms with van der Waals surface area (Å²) in [5.74, 6) is 0.0648. The Bertz CT molecular complexity index is 166. The second-order valence-electron chi connectivity index (χ2n) is 3.26. The molecule has 0 aromatic rings. The Hall–Kier alpha value is -0.860.